The van der Waals surface area contributed by atoms with E-state index in [-0.39, 0.29) is 22.9 Å². The summed E-state index contributed by atoms with van der Waals surface area (Å²) in [6.45, 7) is 8.30. The summed E-state index contributed by atoms with van der Waals surface area (Å²) in [6, 6.07) is 6.86. The molecule has 5 nitrogen and oxygen atoms in total. The standard InChI is InChI=1S/C15H22N2O3S/c1-12-7-5-6-8-13(12)21(19,20)16-9-10-17(14(18)11-16)15(2,3)4/h5-8H,9-11H2,1-4H3. The molecule has 1 aliphatic heterocycles. The van der Waals surface area contributed by atoms with Crippen molar-refractivity contribution in [3.63, 3.8) is 0 Å². The molecule has 21 heavy (non-hydrogen) atoms. The van der Waals surface area contributed by atoms with Gasteiger partial charge in [0.25, 0.3) is 0 Å². The molecule has 0 radical (unpaired) electrons. The second-order valence-corrected chi connectivity index (χ2v) is 8.23. The molecule has 1 heterocycles. The minimum atomic E-state index is -3.61. The van der Waals surface area contributed by atoms with Crippen molar-refractivity contribution >= 4 is 15.9 Å². The maximum Gasteiger partial charge on any atom is 0.243 e. The van der Waals surface area contributed by atoms with Gasteiger partial charge in [0.05, 0.1) is 11.4 Å². The fourth-order valence-corrected chi connectivity index (χ4v) is 4.16. The van der Waals surface area contributed by atoms with Gasteiger partial charge in [-0.2, -0.15) is 4.31 Å². The van der Waals surface area contributed by atoms with Crippen molar-refractivity contribution in [3.05, 3.63) is 29.8 Å². The highest BCUT2D eigenvalue weighted by Crippen LogP contribution is 2.23. The number of piperazine rings is 1. The predicted molar refractivity (Wildman–Crippen MR) is 81.4 cm³/mol. The van der Waals surface area contributed by atoms with Gasteiger partial charge in [-0.15, -0.1) is 0 Å². The van der Waals surface area contributed by atoms with Crippen LogP contribution in [0.1, 0.15) is 26.3 Å². The smallest absolute Gasteiger partial charge is 0.243 e. The number of carbonyl (C=O) groups excluding carboxylic acids is 1. The Kier molecular flexibility index (Phi) is 4.13. The van der Waals surface area contributed by atoms with E-state index >= 15 is 0 Å². The van der Waals surface area contributed by atoms with Crippen LogP contribution in [0.5, 0.6) is 0 Å². The minimum absolute atomic E-state index is 0.0893. The number of amides is 1. The lowest BCUT2D eigenvalue weighted by Gasteiger charge is -2.41. The molecule has 1 saturated heterocycles. The molecular weight excluding hydrogens is 288 g/mol. The lowest BCUT2D eigenvalue weighted by atomic mass is 10.1. The lowest BCUT2D eigenvalue weighted by molar-refractivity contribution is -0.139. The van der Waals surface area contributed by atoms with Crippen molar-refractivity contribution < 1.29 is 13.2 Å². The van der Waals surface area contributed by atoms with Gasteiger partial charge in [-0.1, -0.05) is 18.2 Å². The number of rotatable bonds is 2. The van der Waals surface area contributed by atoms with Crippen LogP contribution in [0.25, 0.3) is 0 Å². The molecule has 1 fully saturated rings. The molecule has 0 saturated carbocycles. The molecule has 116 valence electrons. The van der Waals surface area contributed by atoms with Crippen LogP contribution in [0.4, 0.5) is 0 Å². The van der Waals surface area contributed by atoms with Gasteiger partial charge in [0.2, 0.25) is 15.9 Å². The molecule has 0 aromatic heterocycles. The number of carbonyl (C=O) groups is 1. The summed E-state index contributed by atoms with van der Waals surface area (Å²) in [5, 5.41) is 0. The SMILES string of the molecule is Cc1ccccc1S(=O)(=O)N1CCN(C(C)(C)C)C(=O)C1. The Labute approximate surface area is 126 Å². The van der Waals surface area contributed by atoms with Gasteiger partial charge < -0.3 is 4.90 Å². The Hall–Kier alpha value is -1.40. The monoisotopic (exact) mass is 310 g/mol. The highest BCUT2D eigenvalue weighted by molar-refractivity contribution is 7.89. The molecule has 0 atom stereocenters. The van der Waals surface area contributed by atoms with Crippen molar-refractivity contribution in [1.29, 1.82) is 0 Å². The van der Waals surface area contributed by atoms with Crippen molar-refractivity contribution in [1.82, 2.24) is 9.21 Å². The number of sulfonamides is 1. The van der Waals surface area contributed by atoms with E-state index in [1.165, 1.54) is 4.31 Å². The third kappa shape index (κ3) is 3.11. The third-order valence-corrected chi connectivity index (χ3v) is 5.71. The number of aryl methyl sites for hydroxylation is 1. The molecule has 0 aliphatic carbocycles. The third-order valence-electron chi connectivity index (χ3n) is 3.71. The van der Waals surface area contributed by atoms with Gasteiger partial charge in [0, 0.05) is 18.6 Å². The van der Waals surface area contributed by atoms with E-state index in [9.17, 15) is 13.2 Å². The minimum Gasteiger partial charge on any atom is -0.335 e. The second kappa shape index (κ2) is 5.42. The first-order valence-corrected chi connectivity index (χ1v) is 8.44. The Balaban J connectivity index is 2.26. The van der Waals surface area contributed by atoms with Crippen molar-refractivity contribution in [2.24, 2.45) is 0 Å². The van der Waals surface area contributed by atoms with Gasteiger partial charge >= 0.3 is 0 Å². The molecule has 1 aromatic carbocycles. The zero-order valence-corrected chi connectivity index (χ0v) is 13.8. The van der Waals surface area contributed by atoms with Gasteiger partial charge in [0.15, 0.2) is 0 Å². The van der Waals surface area contributed by atoms with Crippen LogP contribution in [0.3, 0.4) is 0 Å². The summed E-state index contributed by atoms with van der Waals surface area (Å²) >= 11 is 0. The van der Waals surface area contributed by atoms with Crippen LogP contribution >= 0.6 is 0 Å². The van der Waals surface area contributed by atoms with Crippen LogP contribution in [0.2, 0.25) is 0 Å². The molecule has 1 aromatic rings. The van der Waals surface area contributed by atoms with E-state index in [0.717, 1.165) is 0 Å². The van der Waals surface area contributed by atoms with Crippen molar-refractivity contribution in [2.75, 3.05) is 19.6 Å². The predicted octanol–water partition coefficient (Wildman–Crippen LogP) is 1.63. The Morgan fingerprint density at radius 3 is 2.24 bits per heavy atom. The molecule has 0 N–H and O–H groups in total. The maximum absolute atomic E-state index is 12.7. The fourth-order valence-electron chi connectivity index (χ4n) is 2.55. The topological polar surface area (TPSA) is 57.7 Å². The normalized spacial score (nSPS) is 18.1. The molecule has 6 heteroatoms. The Morgan fingerprint density at radius 2 is 1.71 bits per heavy atom. The van der Waals surface area contributed by atoms with Crippen LogP contribution in [-0.4, -0.2) is 48.7 Å². The largest absolute Gasteiger partial charge is 0.335 e. The Bertz CT molecular complexity index is 647. The summed E-state index contributed by atoms with van der Waals surface area (Å²) in [5.41, 5.74) is 0.415. The van der Waals surface area contributed by atoms with E-state index in [0.29, 0.717) is 18.7 Å². The second-order valence-electron chi connectivity index (χ2n) is 6.32. The molecule has 1 aliphatic rings. The number of hydrogen-bond donors (Lipinski definition) is 0. The van der Waals surface area contributed by atoms with Crippen LogP contribution in [-0.2, 0) is 14.8 Å². The van der Waals surface area contributed by atoms with Crippen LogP contribution < -0.4 is 0 Å². The highest BCUT2D eigenvalue weighted by atomic mass is 32.2. The highest BCUT2D eigenvalue weighted by Gasteiger charge is 2.37. The van der Waals surface area contributed by atoms with Crippen LogP contribution in [0.15, 0.2) is 29.2 Å². The van der Waals surface area contributed by atoms with E-state index in [2.05, 4.69) is 0 Å². The average Bonchev–Trinajstić information content (AvgIpc) is 2.37. The summed E-state index contributed by atoms with van der Waals surface area (Å²) in [7, 11) is -3.61. The fraction of sp³-hybridized carbons (Fsp3) is 0.533. The quantitative estimate of drug-likeness (QED) is 0.834. The summed E-state index contributed by atoms with van der Waals surface area (Å²) in [5.74, 6) is -0.147. The first-order valence-electron chi connectivity index (χ1n) is 7.00. The van der Waals surface area contributed by atoms with E-state index in [1.54, 1.807) is 36.1 Å². The first-order chi connectivity index (χ1) is 9.64. The lowest BCUT2D eigenvalue weighted by Crippen LogP contribution is -2.57. The van der Waals surface area contributed by atoms with E-state index in [4.69, 9.17) is 0 Å². The molecule has 1 amide bonds. The molecule has 0 spiro atoms. The van der Waals surface area contributed by atoms with Gasteiger partial charge in [-0.3, -0.25) is 4.79 Å². The van der Waals surface area contributed by atoms with Crippen molar-refractivity contribution in [3.8, 4) is 0 Å². The van der Waals surface area contributed by atoms with Crippen LogP contribution in [0, 0.1) is 6.92 Å². The molecule has 0 unspecified atom stereocenters. The number of hydrogen-bond acceptors (Lipinski definition) is 3. The molecule has 0 bridgehead atoms. The van der Waals surface area contributed by atoms with Gasteiger partial charge in [-0.25, -0.2) is 8.42 Å². The van der Waals surface area contributed by atoms with Gasteiger partial charge in [-0.05, 0) is 39.3 Å². The van der Waals surface area contributed by atoms with E-state index in [1.807, 2.05) is 20.8 Å². The van der Waals surface area contributed by atoms with Gasteiger partial charge in [0.1, 0.15) is 0 Å². The Morgan fingerprint density at radius 1 is 1.10 bits per heavy atom. The van der Waals surface area contributed by atoms with E-state index < -0.39 is 10.0 Å². The first kappa shape index (κ1) is 16.0. The molecule has 2 rings (SSSR count). The number of nitrogens with zero attached hydrogens (tertiary/aromatic N) is 2. The van der Waals surface area contributed by atoms with Crippen molar-refractivity contribution in [2.45, 2.75) is 38.1 Å². The molecular formula is C15H22N2O3S. The zero-order valence-electron chi connectivity index (χ0n) is 13.0. The number of benzene rings is 1. The zero-order chi connectivity index (χ0) is 15.8. The summed E-state index contributed by atoms with van der Waals surface area (Å²) < 4.78 is 26.6. The average molecular weight is 310 g/mol. The summed E-state index contributed by atoms with van der Waals surface area (Å²) in [6.07, 6.45) is 0. The summed E-state index contributed by atoms with van der Waals surface area (Å²) in [4.78, 5) is 14.2. The maximum atomic E-state index is 12.7.